The molecular weight excluding hydrogens is 168 g/mol. The van der Waals surface area contributed by atoms with Crippen LogP contribution >= 0.6 is 0 Å². The molecule has 0 radical (unpaired) electrons. The molecule has 0 spiro atoms. The molecule has 0 saturated carbocycles. The zero-order chi connectivity index (χ0) is 9.52. The normalized spacial score (nSPS) is 9.85. The number of hydrazone groups is 1. The van der Waals surface area contributed by atoms with Crippen LogP contribution in [0.5, 0.6) is 0 Å². The van der Waals surface area contributed by atoms with Gasteiger partial charge in [0.15, 0.2) is 0 Å². The Labute approximate surface area is 75.0 Å². The lowest BCUT2D eigenvalue weighted by molar-refractivity contribution is 0.247. The van der Waals surface area contributed by atoms with Crippen molar-refractivity contribution in [1.29, 1.82) is 5.53 Å². The van der Waals surface area contributed by atoms with Gasteiger partial charge < -0.3 is 0 Å². The van der Waals surface area contributed by atoms with Crippen LogP contribution in [0.3, 0.4) is 0 Å². The molecule has 0 aliphatic heterocycles. The molecule has 0 aliphatic rings. The van der Waals surface area contributed by atoms with Crippen LogP contribution in [0, 0.1) is 5.53 Å². The largest absolute Gasteiger partial charge is 0.379 e. The van der Waals surface area contributed by atoms with Crippen molar-refractivity contribution in [2.75, 3.05) is 0 Å². The Bertz CT molecular complexity index is 320. The minimum absolute atomic E-state index is 0.785. The molecular formula is C8H8N4O. The van der Waals surface area contributed by atoms with E-state index < -0.39 is 6.03 Å². The van der Waals surface area contributed by atoms with Gasteiger partial charge in [-0.25, -0.2) is 10.2 Å². The smallest absolute Gasteiger partial charge is 0.243 e. The van der Waals surface area contributed by atoms with Gasteiger partial charge >= 0.3 is 6.03 Å². The van der Waals surface area contributed by atoms with Gasteiger partial charge in [0.2, 0.25) is 0 Å². The molecule has 0 fully saturated rings. The molecule has 0 heterocycles. The molecule has 66 valence electrons. The maximum absolute atomic E-state index is 10.4. The SMILES string of the molecule is N=NC(=O)NN=Cc1ccccc1. The molecule has 1 rings (SSSR count). The van der Waals surface area contributed by atoms with Gasteiger partial charge in [-0.2, -0.15) is 10.6 Å². The van der Waals surface area contributed by atoms with E-state index in [1.54, 1.807) is 0 Å². The fourth-order valence-corrected chi connectivity index (χ4v) is 0.726. The van der Waals surface area contributed by atoms with Crippen LogP contribution in [0.25, 0.3) is 0 Å². The minimum Gasteiger partial charge on any atom is -0.243 e. The van der Waals surface area contributed by atoms with Crippen molar-refractivity contribution in [1.82, 2.24) is 5.43 Å². The van der Waals surface area contributed by atoms with Gasteiger partial charge in [0.05, 0.1) is 6.21 Å². The summed E-state index contributed by atoms with van der Waals surface area (Å²) in [5.41, 5.74) is 9.26. The highest BCUT2D eigenvalue weighted by Gasteiger charge is 1.90. The second-order valence-corrected chi connectivity index (χ2v) is 2.20. The van der Waals surface area contributed by atoms with Crippen LogP contribution in [0.1, 0.15) is 5.56 Å². The van der Waals surface area contributed by atoms with E-state index in [-0.39, 0.29) is 0 Å². The standard InChI is InChI=1S/C8H8N4O/c9-11-8(13)12-10-6-7-4-2-1-3-5-7/h1-6,9H,(H,12,13). The topological polar surface area (TPSA) is 77.7 Å². The number of rotatable bonds is 2. The third-order valence-electron chi connectivity index (χ3n) is 1.27. The lowest BCUT2D eigenvalue weighted by Crippen LogP contribution is -2.11. The van der Waals surface area contributed by atoms with Gasteiger partial charge in [0.1, 0.15) is 0 Å². The van der Waals surface area contributed by atoms with Crippen LogP contribution in [-0.2, 0) is 0 Å². The highest BCUT2D eigenvalue weighted by atomic mass is 16.2. The molecule has 13 heavy (non-hydrogen) atoms. The molecule has 2 amide bonds. The summed E-state index contributed by atoms with van der Waals surface area (Å²) < 4.78 is 0. The first-order valence-corrected chi connectivity index (χ1v) is 3.58. The number of amides is 2. The molecule has 1 aromatic rings. The van der Waals surface area contributed by atoms with Crippen molar-refractivity contribution < 1.29 is 4.79 Å². The molecule has 0 bridgehead atoms. The number of nitrogens with one attached hydrogen (secondary N) is 2. The summed E-state index contributed by atoms with van der Waals surface area (Å²) in [5.74, 6) is 0. The second-order valence-electron chi connectivity index (χ2n) is 2.20. The third kappa shape index (κ3) is 3.24. The van der Waals surface area contributed by atoms with E-state index in [4.69, 9.17) is 5.53 Å². The average Bonchev–Trinajstić information content (AvgIpc) is 2.19. The summed E-state index contributed by atoms with van der Waals surface area (Å²) in [7, 11) is 0. The first-order valence-electron chi connectivity index (χ1n) is 3.58. The summed E-state index contributed by atoms with van der Waals surface area (Å²) in [6, 6.07) is 8.50. The first kappa shape index (κ1) is 9.05. The van der Waals surface area contributed by atoms with Crippen LogP contribution in [0.2, 0.25) is 0 Å². The molecule has 5 nitrogen and oxygen atoms in total. The highest BCUT2D eigenvalue weighted by molar-refractivity contribution is 5.81. The van der Waals surface area contributed by atoms with E-state index in [1.807, 2.05) is 30.3 Å². The number of carbonyl (C=O) groups is 1. The Morgan fingerprint density at radius 2 is 2.08 bits per heavy atom. The summed E-state index contributed by atoms with van der Waals surface area (Å²) in [6.45, 7) is 0. The van der Waals surface area contributed by atoms with E-state index in [2.05, 4.69) is 15.6 Å². The van der Waals surface area contributed by atoms with Gasteiger partial charge in [-0.1, -0.05) is 35.4 Å². The monoisotopic (exact) mass is 176 g/mol. The molecule has 1 aromatic carbocycles. The van der Waals surface area contributed by atoms with Gasteiger partial charge in [0.25, 0.3) is 0 Å². The fraction of sp³-hybridized carbons (Fsp3) is 0. The Balaban J connectivity index is 2.50. The van der Waals surface area contributed by atoms with Gasteiger partial charge in [-0.05, 0) is 5.56 Å². The Hall–Kier alpha value is -2.04. The van der Waals surface area contributed by atoms with E-state index in [0.717, 1.165) is 5.56 Å². The highest BCUT2D eigenvalue weighted by Crippen LogP contribution is 1.92. The van der Waals surface area contributed by atoms with Crippen LogP contribution in [0.4, 0.5) is 4.79 Å². The number of hydrogen-bond donors (Lipinski definition) is 2. The Morgan fingerprint density at radius 1 is 1.38 bits per heavy atom. The average molecular weight is 176 g/mol. The Kier molecular flexibility index (Phi) is 3.31. The van der Waals surface area contributed by atoms with Crippen molar-refractivity contribution in [3.05, 3.63) is 35.9 Å². The van der Waals surface area contributed by atoms with Crippen molar-refractivity contribution in [2.45, 2.75) is 0 Å². The predicted octanol–water partition coefficient (Wildman–Crippen LogP) is 1.76. The van der Waals surface area contributed by atoms with Crippen LogP contribution < -0.4 is 5.43 Å². The lowest BCUT2D eigenvalue weighted by atomic mass is 10.2. The number of carbonyl (C=O) groups excluding carboxylic acids is 1. The van der Waals surface area contributed by atoms with E-state index in [0.29, 0.717) is 0 Å². The number of urea groups is 1. The molecule has 2 N–H and O–H groups in total. The predicted molar refractivity (Wildman–Crippen MR) is 47.7 cm³/mol. The summed E-state index contributed by atoms with van der Waals surface area (Å²) in [5, 5.41) is 6.18. The van der Waals surface area contributed by atoms with Crippen LogP contribution in [-0.4, -0.2) is 12.2 Å². The minimum atomic E-state index is -0.785. The van der Waals surface area contributed by atoms with Crippen molar-refractivity contribution >= 4 is 12.2 Å². The van der Waals surface area contributed by atoms with Gasteiger partial charge in [0, 0.05) is 0 Å². The molecule has 0 unspecified atom stereocenters. The van der Waals surface area contributed by atoms with Gasteiger partial charge in [-0.3, -0.25) is 0 Å². The second kappa shape index (κ2) is 4.76. The molecule has 0 aromatic heterocycles. The van der Waals surface area contributed by atoms with E-state index >= 15 is 0 Å². The van der Waals surface area contributed by atoms with E-state index in [9.17, 15) is 4.79 Å². The number of nitrogens with zero attached hydrogens (tertiary/aromatic N) is 2. The Morgan fingerprint density at radius 3 is 2.69 bits per heavy atom. The van der Waals surface area contributed by atoms with Crippen molar-refractivity contribution in [2.24, 2.45) is 10.2 Å². The molecule has 0 saturated heterocycles. The summed E-state index contributed by atoms with van der Waals surface area (Å²) in [4.78, 5) is 10.4. The quantitative estimate of drug-likeness (QED) is 0.402. The molecule has 0 atom stereocenters. The third-order valence-corrected chi connectivity index (χ3v) is 1.27. The summed E-state index contributed by atoms with van der Waals surface area (Å²) >= 11 is 0. The zero-order valence-corrected chi connectivity index (χ0v) is 6.77. The summed E-state index contributed by atoms with van der Waals surface area (Å²) in [6.07, 6.45) is 1.48. The van der Waals surface area contributed by atoms with Crippen molar-refractivity contribution in [3.63, 3.8) is 0 Å². The maximum atomic E-state index is 10.4. The number of hydrogen-bond acceptors (Lipinski definition) is 3. The van der Waals surface area contributed by atoms with Crippen LogP contribution in [0.15, 0.2) is 40.5 Å². The zero-order valence-electron chi connectivity index (χ0n) is 6.77. The maximum Gasteiger partial charge on any atom is 0.379 e. The fourth-order valence-electron chi connectivity index (χ4n) is 0.726. The number of benzene rings is 1. The van der Waals surface area contributed by atoms with Crippen molar-refractivity contribution in [3.8, 4) is 0 Å². The van der Waals surface area contributed by atoms with Gasteiger partial charge in [-0.15, -0.1) is 0 Å². The first-order chi connectivity index (χ1) is 6.33. The lowest BCUT2D eigenvalue weighted by Gasteiger charge is -1.91. The van der Waals surface area contributed by atoms with E-state index in [1.165, 1.54) is 6.21 Å². The molecule has 5 heteroatoms. The molecule has 0 aliphatic carbocycles.